The first-order valence-electron chi connectivity index (χ1n) is 8.21. The third-order valence-corrected chi connectivity index (χ3v) is 6.78. The van der Waals surface area contributed by atoms with E-state index in [-0.39, 0.29) is 5.41 Å². The topological polar surface area (TPSA) is 63.7 Å². The minimum Gasteiger partial charge on any atom is -0.468 e. The van der Waals surface area contributed by atoms with Crippen LogP contribution in [0.5, 0.6) is 0 Å². The quantitative estimate of drug-likeness (QED) is 0.784. The predicted octanol–water partition coefficient (Wildman–Crippen LogP) is 2.93. The van der Waals surface area contributed by atoms with Gasteiger partial charge in [0.15, 0.2) is 0 Å². The fraction of sp³-hybridized carbons (Fsp3) is 0.611. The van der Waals surface area contributed by atoms with Crippen LogP contribution in [0.1, 0.15) is 50.3 Å². The van der Waals surface area contributed by atoms with Crippen LogP contribution in [0, 0.1) is 13.8 Å². The molecule has 1 fully saturated rings. The molecule has 0 aromatic heterocycles. The van der Waals surface area contributed by atoms with Crippen molar-refractivity contribution in [3.05, 3.63) is 28.8 Å². The van der Waals surface area contributed by atoms with Crippen molar-refractivity contribution in [3.63, 3.8) is 0 Å². The largest absolute Gasteiger partial charge is 0.468 e. The number of esters is 1. The van der Waals surface area contributed by atoms with Gasteiger partial charge in [0, 0.05) is 6.54 Å². The molecule has 1 unspecified atom stereocenters. The lowest BCUT2D eigenvalue weighted by molar-refractivity contribution is -0.144. The lowest BCUT2D eigenvalue weighted by atomic mass is 9.85. The maximum atomic E-state index is 13.2. The Hall–Kier alpha value is -1.40. The zero-order valence-electron chi connectivity index (χ0n) is 15.3. The molecule has 1 aromatic rings. The summed E-state index contributed by atoms with van der Waals surface area (Å²) < 4.78 is 32.4. The second kappa shape index (κ2) is 6.48. The lowest BCUT2D eigenvalue weighted by Crippen LogP contribution is -2.41. The number of ether oxygens (including phenoxy) is 1. The van der Waals surface area contributed by atoms with Crippen molar-refractivity contribution in [2.75, 3.05) is 13.7 Å². The molecular formula is C18H27NO4S. The number of rotatable bonds is 3. The van der Waals surface area contributed by atoms with E-state index < -0.39 is 22.0 Å². The first kappa shape index (κ1) is 18.9. The number of methoxy groups -OCH3 is 1. The van der Waals surface area contributed by atoms with E-state index in [9.17, 15) is 13.2 Å². The van der Waals surface area contributed by atoms with Crippen molar-refractivity contribution in [1.29, 1.82) is 0 Å². The van der Waals surface area contributed by atoms with E-state index in [1.807, 2.05) is 26.0 Å². The Morgan fingerprint density at radius 1 is 1.21 bits per heavy atom. The van der Waals surface area contributed by atoms with Gasteiger partial charge in [0.2, 0.25) is 10.0 Å². The number of hydrogen-bond acceptors (Lipinski definition) is 4. The molecule has 2 rings (SSSR count). The van der Waals surface area contributed by atoms with E-state index in [1.54, 1.807) is 0 Å². The molecule has 0 amide bonds. The van der Waals surface area contributed by atoms with Gasteiger partial charge in [-0.3, -0.25) is 4.79 Å². The molecule has 5 nitrogen and oxygen atoms in total. The first-order chi connectivity index (χ1) is 11.0. The van der Waals surface area contributed by atoms with E-state index in [0.717, 1.165) is 16.7 Å². The highest BCUT2D eigenvalue weighted by molar-refractivity contribution is 7.89. The molecule has 1 heterocycles. The summed E-state index contributed by atoms with van der Waals surface area (Å²) in [5.74, 6) is -0.488. The zero-order valence-corrected chi connectivity index (χ0v) is 16.2. The van der Waals surface area contributed by atoms with E-state index in [2.05, 4.69) is 20.8 Å². The van der Waals surface area contributed by atoms with Gasteiger partial charge < -0.3 is 4.74 Å². The Bertz CT molecular complexity index is 724. The molecule has 134 valence electrons. The molecule has 1 aliphatic heterocycles. The van der Waals surface area contributed by atoms with Crippen molar-refractivity contribution in [3.8, 4) is 0 Å². The minimum absolute atomic E-state index is 0.0555. The summed E-state index contributed by atoms with van der Waals surface area (Å²) in [5.41, 5.74) is 2.48. The van der Waals surface area contributed by atoms with Gasteiger partial charge >= 0.3 is 5.97 Å². The van der Waals surface area contributed by atoms with Crippen molar-refractivity contribution in [2.24, 2.45) is 0 Å². The van der Waals surface area contributed by atoms with Gasteiger partial charge in [0.25, 0.3) is 0 Å². The molecule has 1 atom stereocenters. The van der Waals surface area contributed by atoms with Crippen LogP contribution >= 0.6 is 0 Å². The smallest absolute Gasteiger partial charge is 0.324 e. The Labute approximate surface area is 145 Å². The zero-order chi connectivity index (χ0) is 18.3. The Morgan fingerprint density at radius 2 is 1.75 bits per heavy atom. The summed E-state index contributed by atoms with van der Waals surface area (Å²) in [4.78, 5) is 12.2. The van der Waals surface area contributed by atoms with E-state index in [1.165, 1.54) is 11.4 Å². The highest BCUT2D eigenvalue weighted by Gasteiger charge is 2.41. The number of carbonyl (C=O) groups excluding carboxylic acids is 1. The third kappa shape index (κ3) is 3.35. The van der Waals surface area contributed by atoms with Crippen LogP contribution in [-0.2, 0) is 25.0 Å². The highest BCUT2D eigenvalue weighted by atomic mass is 32.2. The average Bonchev–Trinajstić information content (AvgIpc) is 2.94. The molecule has 6 heteroatoms. The second-order valence-corrected chi connectivity index (χ2v) is 9.31. The van der Waals surface area contributed by atoms with Crippen LogP contribution in [0.25, 0.3) is 0 Å². The fourth-order valence-electron chi connectivity index (χ4n) is 3.31. The molecule has 0 spiro atoms. The number of sulfonamides is 1. The molecule has 0 bridgehead atoms. The molecule has 0 N–H and O–H groups in total. The van der Waals surface area contributed by atoms with Gasteiger partial charge in [-0.1, -0.05) is 32.9 Å². The van der Waals surface area contributed by atoms with Crippen molar-refractivity contribution < 1.29 is 17.9 Å². The SMILES string of the molecule is COC(=O)C1CCCN1S(=O)(=O)c1c(C)cc(C(C)(C)C)cc1C. The van der Waals surface area contributed by atoms with E-state index in [4.69, 9.17) is 4.74 Å². The number of nitrogens with zero attached hydrogens (tertiary/aromatic N) is 1. The predicted molar refractivity (Wildman–Crippen MR) is 93.5 cm³/mol. The molecule has 24 heavy (non-hydrogen) atoms. The van der Waals surface area contributed by atoms with Crippen LogP contribution in [0.15, 0.2) is 17.0 Å². The van der Waals surface area contributed by atoms with Gasteiger partial charge in [-0.25, -0.2) is 8.42 Å². The van der Waals surface area contributed by atoms with Crippen molar-refractivity contribution in [2.45, 2.75) is 63.8 Å². The number of hydrogen-bond donors (Lipinski definition) is 0. The molecule has 1 saturated heterocycles. The number of aryl methyl sites for hydroxylation is 2. The number of benzene rings is 1. The van der Waals surface area contributed by atoms with Gasteiger partial charge in [-0.15, -0.1) is 0 Å². The summed E-state index contributed by atoms with van der Waals surface area (Å²) in [6, 6.07) is 3.15. The summed E-state index contributed by atoms with van der Waals surface area (Å²) in [7, 11) is -2.44. The molecule has 0 radical (unpaired) electrons. The normalized spacial score (nSPS) is 19.5. The van der Waals surface area contributed by atoms with E-state index >= 15 is 0 Å². The van der Waals surface area contributed by atoms with Crippen molar-refractivity contribution >= 4 is 16.0 Å². The average molecular weight is 353 g/mol. The summed E-state index contributed by atoms with van der Waals surface area (Å²) in [5, 5.41) is 0. The molecular weight excluding hydrogens is 326 g/mol. The van der Waals surface area contributed by atoms with Gasteiger partial charge in [-0.2, -0.15) is 4.31 Å². The molecule has 1 aromatic carbocycles. The van der Waals surface area contributed by atoms with Gasteiger partial charge in [0.05, 0.1) is 12.0 Å². The monoisotopic (exact) mass is 353 g/mol. The number of carbonyl (C=O) groups is 1. The van der Waals surface area contributed by atoms with Gasteiger partial charge in [0.1, 0.15) is 6.04 Å². The first-order valence-corrected chi connectivity index (χ1v) is 9.65. The Kier molecular flexibility index (Phi) is 5.11. The maximum Gasteiger partial charge on any atom is 0.324 e. The summed E-state index contributed by atoms with van der Waals surface area (Å²) in [6.45, 7) is 10.3. The summed E-state index contributed by atoms with van der Waals surface area (Å²) in [6.07, 6.45) is 1.17. The second-order valence-electron chi connectivity index (χ2n) is 7.49. The van der Waals surface area contributed by atoms with Crippen LogP contribution < -0.4 is 0 Å². The van der Waals surface area contributed by atoms with Crippen LogP contribution in [-0.4, -0.2) is 38.4 Å². The van der Waals surface area contributed by atoms with Crippen molar-refractivity contribution in [1.82, 2.24) is 4.31 Å². The van der Waals surface area contributed by atoms with Gasteiger partial charge in [-0.05, 0) is 48.8 Å². The Balaban J connectivity index is 2.52. The fourth-order valence-corrected chi connectivity index (χ4v) is 5.37. The highest BCUT2D eigenvalue weighted by Crippen LogP contribution is 2.33. The Morgan fingerprint density at radius 3 is 2.21 bits per heavy atom. The molecule has 0 saturated carbocycles. The van der Waals surface area contributed by atoms with E-state index in [0.29, 0.717) is 24.3 Å². The molecule has 1 aliphatic rings. The lowest BCUT2D eigenvalue weighted by Gasteiger charge is -2.26. The maximum absolute atomic E-state index is 13.2. The van der Waals surface area contributed by atoms with Crippen LogP contribution in [0.2, 0.25) is 0 Å². The summed E-state index contributed by atoms with van der Waals surface area (Å²) >= 11 is 0. The van der Waals surface area contributed by atoms with Crippen LogP contribution in [0.4, 0.5) is 0 Å². The molecule has 0 aliphatic carbocycles. The third-order valence-electron chi connectivity index (χ3n) is 4.57. The minimum atomic E-state index is -3.73. The van der Waals surface area contributed by atoms with Crippen LogP contribution in [0.3, 0.4) is 0 Å². The standard InChI is InChI=1S/C18H27NO4S/c1-12-10-14(18(3,4)5)11-13(2)16(12)24(21,22)19-9-7-8-15(19)17(20)23-6/h10-11,15H,7-9H2,1-6H3.